The van der Waals surface area contributed by atoms with Crippen LogP contribution in [0.4, 0.5) is 10.5 Å². The molecule has 2 aromatic carbocycles. The van der Waals surface area contributed by atoms with Gasteiger partial charge in [-0.1, -0.05) is 41.4 Å². The van der Waals surface area contributed by atoms with Gasteiger partial charge >= 0.3 is 6.09 Å². The van der Waals surface area contributed by atoms with E-state index in [-0.39, 0.29) is 29.9 Å². The SMILES string of the molecule is COC(=O)Nc1ccc(-c2nc([C@H](CC(=O)NCc3ccccn3)NC(=O)/C=C/c3cc(Cl)ccc3-n3cnnn3)[nH]c2Cl)cc1. The van der Waals surface area contributed by atoms with Crippen LogP contribution in [-0.2, 0) is 20.9 Å². The van der Waals surface area contributed by atoms with Crippen LogP contribution in [0, 0.1) is 0 Å². The van der Waals surface area contributed by atoms with Gasteiger partial charge in [-0.25, -0.2) is 9.78 Å². The zero-order valence-electron chi connectivity index (χ0n) is 24.1. The van der Waals surface area contributed by atoms with Gasteiger partial charge in [-0.05, 0) is 59.0 Å². The second-order valence-corrected chi connectivity index (χ2v) is 10.4. The maximum absolute atomic E-state index is 13.2. The second kappa shape index (κ2) is 14.9. The summed E-state index contributed by atoms with van der Waals surface area (Å²) in [6.07, 6.45) is 5.14. The Balaban J connectivity index is 1.37. The average molecular weight is 662 g/mol. The molecule has 0 aliphatic rings. The van der Waals surface area contributed by atoms with E-state index >= 15 is 0 Å². The fourth-order valence-electron chi connectivity index (χ4n) is 4.30. The number of anilines is 1. The van der Waals surface area contributed by atoms with Gasteiger partial charge in [0.1, 0.15) is 23.0 Å². The largest absolute Gasteiger partial charge is 0.453 e. The Morgan fingerprint density at radius 2 is 1.91 bits per heavy atom. The number of tetrazole rings is 1. The summed E-state index contributed by atoms with van der Waals surface area (Å²) in [5.41, 5.74) is 3.37. The number of aromatic nitrogens is 7. The van der Waals surface area contributed by atoms with Crippen LogP contribution in [-0.4, -0.2) is 60.2 Å². The molecule has 0 bridgehead atoms. The lowest BCUT2D eigenvalue weighted by molar-refractivity contribution is -0.122. The monoisotopic (exact) mass is 660 g/mol. The van der Waals surface area contributed by atoms with Crippen molar-refractivity contribution >= 4 is 52.9 Å². The first kappa shape index (κ1) is 31.8. The normalized spacial score (nSPS) is 11.6. The first-order valence-electron chi connectivity index (χ1n) is 13.7. The van der Waals surface area contributed by atoms with Crippen LogP contribution in [0.5, 0.6) is 0 Å². The van der Waals surface area contributed by atoms with Crippen LogP contribution < -0.4 is 16.0 Å². The molecule has 234 valence electrons. The van der Waals surface area contributed by atoms with E-state index in [0.717, 1.165) is 0 Å². The highest BCUT2D eigenvalue weighted by Crippen LogP contribution is 2.29. The van der Waals surface area contributed by atoms with E-state index in [1.807, 2.05) is 6.07 Å². The third-order valence-corrected chi connectivity index (χ3v) is 7.01. The average Bonchev–Trinajstić information content (AvgIpc) is 3.74. The van der Waals surface area contributed by atoms with Crippen molar-refractivity contribution in [2.45, 2.75) is 19.0 Å². The third kappa shape index (κ3) is 8.31. The van der Waals surface area contributed by atoms with Crippen LogP contribution in [0.15, 0.2) is 79.3 Å². The minimum Gasteiger partial charge on any atom is -0.453 e. The van der Waals surface area contributed by atoms with Crippen LogP contribution in [0.2, 0.25) is 10.2 Å². The molecule has 3 aromatic heterocycles. The number of hydrogen-bond acceptors (Lipinski definition) is 9. The molecule has 0 aliphatic heterocycles. The predicted molar refractivity (Wildman–Crippen MR) is 170 cm³/mol. The molecule has 0 spiro atoms. The molecule has 46 heavy (non-hydrogen) atoms. The highest BCUT2D eigenvalue weighted by molar-refractivity contribution is 6.32. The molecule has 14 nitrogen and oxygen atoms in total. The molecule has 5 aromatic rings. The molecule has 5 rings (SSSR count). The lowest BCUT2D eigenvalue weighted by Crippen LogP contribution is -2.33. The van der Waals surface area contributed by atoms with Crippen molar-refractivity contribution in [1.29, 1.82) is 0 Å². The zero-order valence-corrected chi connectivity index (χ0v) is 25.7. The Labute approximate surface area is 272 Å². The van der Waals surface area contributed by atoms with Crippen LogP contribution >= 0.6 is 23.2 Å². The molecule has 0 fully saturated rings. The molecule has 0 saturated heterocycles. The topological polar surface area (TPSA) is 182 Å². The maximum atomic E-state index is 13.2. The third-order valence-electron chi connectivity index (χ3n) is 6.50. The molecule has 1 atom stereocenters. The fourth-order valence-corrected chi connectivity index (χ4v) is 4.72. The van der Waals surface area contributed by atoms with Gasteiger partial charge in [0.2, 0.25) is 11.8 Å². The number of imidazole rings is 1. The minimum absolute atomic E-state index is 0.162. The summed E-state index contributed by atoms with van der Waals surface area (Å²) in [6.45, 7) is 0.199. The molecular formula is C30H26Cl2N10O4. The molecule has 3 amide bonds. The summed E-state index contributed by atoms with van der Waals surface area (Å²) in [5, 5.41) is 20.1. The number of pyridine rings is 1. The fraction of sp³-hybridized carbons (Fsp3) is 0.133. The second-order valence-electron chi connectivity index (χ2n) is 9.63. The van der Waals surface area contributed by atoms with E-state index in [2.05, 4.69) is 51.2 Å². The summed E-state index contributed by atoms with van der Waals surface area (Å²) >= 11 is 12.7. The van der Waals surface area contributed by atoms with Gasteiger partial charge in [0.25, 0.3) is 0 Å². The number of nitrogens with one attached hydrogen (secondary N) is 4. The first-order valence-corrected chi connectivity index (χ1v) is 14.4. The van der Waals surface area contributed by atoms with Crippen molar-refractivity contribution in [2.24, 2.45) is 0 Å². The molecular weight excluding hydrogens is 635 g/mol. The molecule has 3 heterocycles. The van der Waals surface area contributed by atoms with Gasteiger partial charge in [-0.3, -0.25) is 19.9 Å². The van der Waals surface area contributed by atoms with Gasteiger partial charge in [0, 0.05) is 34.1 Å². The Hall–Kier alpha value is -5.60. The highest BCUT2D eigenvalue weighted by Gasteiger charge is 2.23. The van der Waals surface area contributed by atoms with E-state index in [0.29, 0.717) is 38.9 Å². The molecule has 0 saturated carbocycles. The number of ether oxygens (including phenoxy) is 1. The summed E-state index contributed by atoms with van der Waals surface area (Å²) in [6, 6.07) is 16.3. The number of methoxy groups -OCH3 is 1. The van der Waals surface area contributed by atoms with Crippen LogP contribution in [0.3, 0.4) is 0 Å². The van der Waals surface area contributed by atoms with Crippen LogP contribution in [0.1, 0.15) is 29.5 Å². The number of carbonyl (C=O) groups excluding carboxylic acids is 3. The van der Waals surface area contributed by atoms with Crippen molar-refractivity contribution in [3.8, 4) is 16.9 Å². The number of hydrogen-bond donors (Lipinski definition) is 4. The maximum Gasteiger partial charge on any atom is 0.411 e. The van der Waals surface area contributed by atoms with Crippen molar-refractivity contribution < 1.29 is 19.1 Å². The van der Waals surface area contributed by atoms with Crippen LogP contribution in [0.25, 0.3) is 23.0 Å². The van der Waals surface area contributed by atoms with E-state index in [1.54, 1.807) is 66.9 Å². The standard InChI is InChI=1S/C30H26Cl2N10O4/c1-46-30(45)36-21-9-5-18(6-10-21)27-28(32)39-29(38-27)23(15-26(44)34-16-22-4-2-3-13-33-22)37-25(43)12-7-19-14-20(31)8-11-24(19)42-17-35-40-41-42/h2-14,17,23H,15-16H2,1H3,(H,34,44)(H,36,45)(H,37,43)(H,38,39)/b12-7+/t23-/m0/s1. The number of amides is 3. The van der Waals surface area contributed by atoms with E-state index < -0.39 is 18.0 Å². The molecule has 16 heteroatoms. The van der Waals surface area contributed by atoms with E-state index in [1.165, 1.54) is 24.2 Å². The molecule has 4 N–H and O–H groups in total. The molecule has 0 aliphatic carbocycles. The highest BCUT2D eigenvalue weighted by atomic mass is 35.5. The van der Waals surface area contributed by atoms with Gasteiger partial charge < -0.3 is 20.4 Å². The lowest BCUT2D eigenvalue weighted by Gasteiger charge is -2.16. The summed E-state index contributed by atoms with van der Waals surface area (Å²) in [4.78, 5) is 49.6. The first-order chi connectivity index (χ1) is 22.3. The Bertz CT molecular complexity index is 1850. The van der Waals surface area contributed by atoms with Gasteiger partial charge in [0.05, 0.1) is 37.5 Å². The summed E-state index contributed by atoms with van der Waals surface area (Å²) < 4.78 is 6.05. The number of benzene rings is 2. The minimum atomic E-state index is -0.897. The summed E-state index contributed by atoms with van der Waals surface area (Å²) in [5.74, 6) is -0.621. The lowest BCUT2D eigenvalue weighted by atomic mass is 10.1. The Morgan fingerprint density at radius 1 is 1.09 bits per heavy atom. The predicted octanol–water partition coefficient (Wildman–Crippen LogP) is 4.51. The van der Waals surface area contributed by atoms with Gasteiger partial charge in [-0.2, -0.15) is 4.68 Å². The van der Waals surface area contributed by atoms with Crippen molar-refractivity contribution in [3.05, 3.63) is 107 Å². The quantitative estimate of drug-likeness (QED) is 0.148. The number of carbonyl (C=O) groups is 3. The molecule has 0 unspecified atom stereocenters. The number of nitrogens with zero attached hydrogens (tertiary/aromatic N) is 6. The Kier molecular flexibility index (Phi) is 10.3. The Morgan fingerprint density at radius 3 is 2.63 bits per heavy atom. The number of rotatable bonds is 11. The summed E-state index contributed by atoms with van der Waals surface area (Å²) in [7, 11) is 1.27. The van der Waals surface area contributed by atoms with Gasteiger partial charge in [-0.15, -0.1) is 5.10 Å². The number of halogens is 2. The van der Waals surface area contributed by atoms with Crippen molar-refractivity contribution in [1.82, 2.24) is 45.8 Å². The van der Waals surface area contributed by atoms with Crippen molar-refractivity contribution in [3.63, 3.8) is 0 Å². The number of aromatic amines is 1. The number of H-pyrrole nitrogens is 1. The smallest absolute Gasteiger partial charge is 0.411 e. The van der Waals surface area contributed by atoms with E-state index in [4.69, 9.17) is 23.2 Å². The molecule has 0 radical (unpaired) electrons. The van der Waals surface area contributed by atoms with E-state index in [9.17, 15) is 14.4 Å². The van der Waals surface area contributed by atoms with Gasteiger partial charge in [0.15, 0.2) is 0 Å². The zero-order chi connectivity index (χ0) is 32.5. The van der Waals surface area contributed by atoms with Crippen molar-refractivity contribution in [2.75, 3.05) is 12.4 Å².